The van der Waals surface area contributed by atoms with Crippen LogP contribution in [0.1, 0.15) is 105 Å². The topological polar surface area (TPSA) is 176 Å². The number of sulfonamides is 1. The van der Waals surface area contributed by atoms with Crippen LogP contribution in [0.4, 0.5) is 16.0 Å². The number of aryl methyl sites for hydroxylation is 1. The third-order valence-electron chi connectivity index (χ3n) is 12.0. The van der Waals surface area contributed by atoms with Gasteiger partial charge in [-0.2, -0.15) is 9.29 Å². The van der Waals surface area contributed by atoms with Crippen LogP contribution in [0.2, 0.25) is 0 Å². The number of hydrogen-bond donors (Lipinski definition) is 3. The summed E-state index contributed by atoms with van der Waals surface area (Å²) in [4.78, 5) is 60.6. The van der Waals surface area contributed by atoms with E-state index in [1.165, 1.54) is 11.0 Å². The molecule has 306 valence electrons. The van der Waals surface area contributed by atoms with Gasteiger partial charge in [0.2, 0.25) is 27.8 Å². The first-order chi connectivity index (χ1) is 28.0. The molecule has 58 heavy (non-hydrogen) atoms. The number of fused-ring (bicyclic) bond motifs is 2. The lowest BCUT2D eigenvalue weighted by Crippen LogP contribution is -2.52. The summed E-state index contributed by atoms with van der Waals surface area (Å²) in [5.41, 5.74) is 2.74. The van der Waals surface area contributed by atoms with E-state index in [0.29, 0.717) is 60.2 Å². The third-order valence-corrected chi connectivity index (χ3v) is 13.9. The maximum absolute atomic E-state index is 15.0. The quantitative estimate of drug-likeness (QED) is 0.112. The van der Waals surface area contributed by atoms with Gasteiger partial charge in [-0.05, 0) is 92.8 Å². The Morgan fingerprint density at radius 1 is 0.897 bits per heavy atom. The Bertz CT molecular complexity index is 2390. The van der Waals surface area contributed by atoms with Crippen LogP contribution in [-0.2, 0) is 32.6 Å². The number of rotatable bonds is 14. The fourth-order valence-electron chi connectivity index (χ4n) is 8.81. The number of pyridine rings is 1. The van der Waals surface area contributed by atoms with Crippen molar-refractivity contribution in [2.45, 2.75) is 113 Å². The SMILES string of the molecule is O=C1CCC(N2Cc3cc(NCCCCCCc4cccc(S(=O)(=O)N5CCC(Nc6ncc7ccc(=O)n(C8CCCC8)c7n6)CC5)c4)c(F)cc3C2=O)C(=O)N1. The van der Waals surface area contributed by atoms with Crippen molar-refractivity contribution in [1.29, 1.82) is 0 Å². The Hall–Kier alpha value is -5.22. The summed E-state index contributed by atoms with van der Waals surface area (Å²) in [5, 5.41) is 9.64. The predicted molar refractivity (Wildman–Crippen MR) is 216 cm³/mol. The van der Waals surface area contributed by atoms with Crippen molar-refractivity contribution in [2.75, 3.05) is 30.3 Å². The molecule has 5 heterocycles. The lowest BCUT2D eigenvalue weighted by molar-refractivity contribution is -0.136. The third kappa shape index (κ3) is 8.35. The van der Waals surface area contributed by atoms with Crippen molar-refractivity contribution in [1.82, 2.24) is 29.1 Å². The number of nitrogens with zero attached hydrogens (tertiary/aromatic N) is 5. The number of anilines is 2. The molecule has 1 saturated carbocycles. The predicted octanol–water partition coefficient (Wildman–Crippen LogP) is 5.29. The molecule has 0 spiro atoms. The molecule has 3 aliphatic heterocycles. The van der Waals surface area contributed by atoms with E-state index in [2.05, 4.69) is 20.9 Å². The molecule has 4 aliphatic rings. The fourth-order valence-corrected chi connectivity index (χ4v) is 10.4. The summed E-state index contributed by atoms with van der Waals surface area (Å²) in [5.74, 6) is -1.35. The molecule has 8 rings (SSSR count). The molecule has 1 atom stereocenters. The second kappa shape index (κ2) is 16.9. The Morgan fingerprint density at radius 2 is 1.69 bits per heavy atom. The number of nitrogens with one attached hydrogen (secondary N) is 3. The van der Waals surface area contributed by atoms with E-state index >= 15 is 0 Å². The van der Waals surface area contributed by atoms with Gasteiger partial charge < -0.3 is 15.5 Å². The monoisotopic (exact) mass is 812 g/mol. The zero-order chi connectivity index (χ0) is 40.4. The number of piperidine rings is 2. The zero-order valence-corrected chi connectivity index (χ0v) is 33.2. The van der Waals surface area contributed by atoms with Crippen LogP contribution in [0.15, 0.2) is 64.4 Å². The second-order valence-corrected chi connectivity index (χ2v) is 17.8. The van der Waals surface area contributed by atoms with Gasteiger partial charge in [0, 0.05) is 67.9 Å². The maximum Gasteiger partial charge on any atom is 0.255 e. The normalized spacial score (nSPS) is 19.5. The molecule has 2 aromatic carbocycles. The summed E-state index contributed by atoms with van der Waals surface area (Å²) >= 11 is 0. The van der Waals surface area contributed by atoms with Crippen LogP contribution in [-0.4, -0.2) is 81.6 Å². The summed E-state index contributed by atoms with van der Waals surface area (Å²) < 4.78 is 45.7. The first-order valence-electron chi connectivity index (χ1n) is 20.5. The summed E-state index contributed by atoms with van der Waals surface area (Å²) in [6.07, 6.45) is 11.7. The number of imide groups is 1. The highest BCUT2D eigenvalue weighted by atomic mass is 32.2. The largest absolute Gasteiger partial charge is 0.383 e. The first-order valence-corrected chi connectivity index (χ1v) is 21.9. The Labute approximate surface area is 336 Å². The lowest BCUT2D eigenvalue weighted by atomic mass is 10.0. The van der Waals surface area contributed by atoms with E-state index in [4.69, 9.17) is 4.98 Å². The number of benzene rings is 2. The molecule has 0 radical (unpaired) electrons. The smallest absolute Gasteiger partial charge is 0.255 e. The minimum Gasteiger partial charge on any atom is -0.383 e. The highest BCUT2D eigenvalue weighted by Crippen LogP contribution is 2.32. The molecule has 3 N–H and O–H groups in total. The molecule has 2 aromatic heterocycles. The molecule has 3 fully saturated rings. The second-order valence-electron chi connectivity index (χ2n) is 15.9. The number of hydrogen-bond acceptors (Lipinski definition) is 10. The van der Waals surface area contributed by atoms with Crippen LogP contribution >= 0.6 is 0 Å². The average Bonchev–Trinajstić information content (AvgIpc) is 3.86. The fraction of sp³-hybridized carbons (Fsp3) is 0.476. The maximum atomic E-state index is 15.0. The van der Waals surface area contributed by atoms with Crippen molar-refractivity contribution < 1.29 is 27.2 Å². The van der Waals surface area contributed by atoms with Gasteiger partial charge in [0.1, 0.15) is 17.5 Å². The number of carbonyl (C=O) groups excluding carboxylic acids is 3. The van der Waals surface area contributed by atoms with Crippen LogP contribution in [0.3, 0.4) is 0 Å². The van der Waals surface area contributed by atoms with Crippen LogP contribution in [0.5, 0.6) is 0 Å². The number of aromatic nitrogens is 3. The van der Waals surface area contributed by atoms with E-state index in [1.54, 1.807) is 46.9 Å². The lowest BCUT2D eigenvalue weighted by Gasteiger charge is -2.31. The number of carbonyl (C=O) groups is 3. The highest BCUT2D eigenvalue weighted by molar-refractivity contribution is 7.89. The molecule has 16 heteroatoms. The Kier molecular flexibility index (Phi) is 11.6. The van der Waals surface area contributed by atoms with E-state index in [-0.39, 0.29) is 48.5 Å². The van der Waals surface area contributed by atoms with Crippen molar-refractivity contribution in [3.63, 3.8) is 0 Å². The van der Waals surface area contributed by atoms with E-state index < -0.39 is 33.7 Å². The summed E-state index contributed by atoms with van der Waals surface area (Å²) in [7, 11) is -3.68. The van der Waals surface area contributed by atoms with Crippen molar-refractivity contribution in [3.8, 4) is 0 Å². The van der Waals surface area contributed by atoms with Gasteiger partial charge in [-0.15, -0.1) is 0 Å². The van der Waals surface area contributed by atoms with Crippen molar-refractivity contribution in [3.05, 3.63) is 87.6 Å². The molecule has 0 bridgehead atoms. The van der Waals surface area contributed by atoms with Gasteiger partial charge in [-0.25, -0.2) is 17.8 Å². The van der Waals surface area contributed by atoms with Crippen LogP contribution in [0, 0.1) is 5.82 Å². The van der Waals surface area contributed by atoms with Gasteiger partial charge in [0.25, 0.3) is 11.5 Å². The minimum absolute atomic E-state index is 0.00303. The van der Waals surface area contributed by atoms with Gasteiger partial charge >= 0.3 is 0 Å². The van der Waals surface area contributed by atoms with Crippen molar-refractivity contribution >= 4 is 50.4 Å². The molecule has 4 aromatic rings. The summed E-state index contributed by atoms with van der Waals surface area (Å²) in [6, 6.07) is 12.8. The average molecular weight is 813 g/mol. The molecule has 3 amide bonds. The molecular weight excluding hydrogens is 764 g/mol. The minimum atomic E-state index is -3.68. The number of unbranched alkanes of at least 4 members (excludes halogenated alkanes) is 3. The Balaban J connectivity index is 0.777. The van der Waals surface area contributed by atoms with Crippen LogP contribution in [0.25, 0.3) is 11.0 Å². The first kappa shape index (κ1) is 39.6. The number of amides is 3. The Morgan fingerprint density at radius 3 is 2.48 bits per heavy atom. The number of halogens is 1. The standard InChI is InChI=1S/C42H49FN8O6S/c43-34-24-33-29(26-50(41(33)55)36-14-15-37(52)47-40(36)54)23-35(34)44-19-6-2-1-3-8-27-9-7-12-32(22-27)58(56,57)49-20-17-30(18-21-49)46-42-45-25-28-13-16-38(53)51(39(28)48-42)31-10-4-5-11-31/h7,9,12-13,16,22-25,30-31,36,44H,1-6,8,10-11,14-15,17-21,26H2,(H,45,46,48)(H,47,52,54). The van der Waals surface area contributed by atoms with Crippen molar-refractivity contribution in [2.24, 2.45) is 0 Å². The highest BCUT2D eigenvalue weighted by Gasteiger charge is 2.39. The van der Waals surface area contributed by atoms with E-state index in [1.807, 2.05) is 10.6 Å². The van der Waals surface area contributed by atoms with Gasteiger partial charge in [-0.3, -0.25) is 29.1 Å². The molecular formula is C42H49FN8O6S. The van der Waals surface area contributed by atoms with Gasteiger partial charge in [0.15, 0.2) is 0 Å². The van der Waals surface area contributed by atoms with Gasteiger partial charge in [-0.1, -0.05) is 37.8 Å². The molecule has 2 saturated heterocycles. The van der Waals surface area contributed by atoms with E-state index in [0.717, 1.165) is 68.7 Å². The molecule has 1 aliphatic carbocycles. The van der Waals surface area contributed by atoms with Gasteiger partial charge in [0.05, 0.1) is 10.6 Å². The summed E-state index contributed by atoms with van der Waals surface area (Å²) in [6.45, 7) is 1.46. The molecule has 14 nitrogen and oxygen atoms in total. The zero-order valence-electron chi connectivity index (χ0n) is 32.4. The van der Waals surface area contributed by atoms with E-state index in [9.17, 15) is 32.0 Å². The van der Waals surface area contributed by atoms with Crippen LogP contribution < -0.4 is 21.5 Å². The molecule has 1 unspecified atom stereocenters.